The maximum absolute atomic E-state index is 5.47. The number of pyridine rings is 1. The van der Waals surface area contributed by atoms with Gasteiger partial charge in [-0.25, -0.2) is 4.98 Å². The molecule has 0 saturated carbocycles. The number of hydrogen-bond acceptors (Lipinski definition) is 3. The van der Waals surface area contributed by atoms with Gasteiger partial charge in [0.15, 0.2) is 5.75 Å². The van der Waals surface area contributed by atoms with Gasteiger partial charge < -0.3 is 10.5 Å². The van der Waals surface area contributed by atoms with Crippen molar-refractivity contribution in [3.63, 3.8) is 0 Å². The second kappa shape index (κ2) is 3.69. The lowest BCUT2D eigenvalue weighted by atomic mass is 10.2. The molecule has 0 spiro atoms. The maximum atomic E-state index is 5.47. The molecule has 0 atom stereocenters. The van der Waals surface area contributed by atoms with Crippen molar-refractivity contribution in [2.75, 3.05) is 7.11 Å². The van der Waals surface area contributed by atoms with Crippen LogP contribution in [0.1, 0.15) is 5.56 Å². The molecule has 0 bridgehead atoms. The lowest BCUT2D eigenvalue weighted by Gasteiger charge is -2.06. The van der Waals surface area contributed by atoms with E-state index < -0.39 is 0 Å². The highest BCUT2D eigenvalue weighted by atomic mass is 79.9. The van der Waals surface area contributed by atoms with E-state index in [1.165, 1.54) is 0 Å². The predicted octanol–water partition coefficient (Wildman–Crippen LogP) is 1.31. The molecule has 0 fully saturated rings. The van der Waals surface area contributed by atoms with E-state index in [4.69, 9.17) is 10.5 Å². The van der Waals surface area contributed by atoms with Crippen LogP contribution in [0.25, 0.3) is 0 Å². The van der Waals surface area contributed by atoms with Crippen LogP contribution in [0.3, 0.4) is 0 Å². The minimum Gasteiger partial charge on any atom is -0.494 e. The summed E-state index contributed by atoms with van der Waals surface area (Å²) in [6.45, 7) is 0.463. The second-order valence-corrected chi connectivity index (χ2v) is 2.75. The number of ether oxygens (including phenoxy) is 1. The van der Waals surface area contributed by atoms with Crippen molar-refractivity contribution in [1.82, 2.24) is 4.98 Å². The van der Waals surface area contributed by atoms with Crippen LogP contribution in [0.2, 0.25) is 0 Å². The van der Waals surface area contributed by atoms with Gasteiger partial charge in [-0.2, -0.15) is 0 Å². The molecule has 0 amide bonds. The molecule has 0 aliphatic heterocycles. The van der Waals surface area contributed by atoms with Gasteiger partial charge in [0, 0.05) is 18.3 Å². The minimum atomic E-state index is 0.463. The summed E-state index contributed by atoms with van der Waals surface area (Å²) in [6.07, 6.45) is 1.69. The van der Waals surface area contributed by atoms with Crippen LogP contribution in [0.15, 0.2) is 16.9 Å². The molecule has 0 saturated heterocycles. The van der Waals surface area contributed by atoms with Crippen molar-refractivity contribution in [2.24, 2.45) is 5.73 Å². The van der Waals surface area contributed by atoms with Crippen LogP contribution < -0.4 is 10.5 Å². The van der Waals surface area contributed by atoms with Gasteiger partial charge in [0.1, 0.15) is 4.60 Å². The van der Waals surface area contributed by atoms with E-state index in [0.29, 0.717) is 11.1 Å². The third kappa shape index (κ3) is 1.70. The molecule has 4 heteroatoms. The summed E-state index contributed by atoms with van der Waals surface area (Å²) in [6, 6.07) is 1.84. The van der Waals surface area contributed by atoms with E-state index >= 15 is 0 Å². The van der Waals surface area contributed by atoms with Crippen LogP contribution in [0.4, 0.5) is 0 Å². The number of rotatable bonds is 2. The summed E-state index contributed by atoms with van der Waals surface area (Å²) >= 11 is 3.26. The van der Waals surface area contributed by atoms with Gasteiger partial charge in [-0.15, -0.1) is 0 Å². The fraction of sp³-hybridized carbons (Fsp3) is 0.286. The first-order chi connectivity index (χ1) is 5.29. The molecular formula is C7H9BrN2O. The van der Waals surface area contributed by atoms with E-state index in [0.717, 1.165) is 11.3 Å². The smallest absolute Gasteiger partial charge is 0.156 e. The standard InChI is InChI=1S/C7H9BrN2O/c1-11-6-5(4-9)2-3-10-7(6)8/h2-3H,4,9H2,1H3. The van der Waals surface area contributed by atoms with E-state index in [-0.39, 0.29) is 0 Å². The first-order valence-electron chi connectivity index (χ1n) is 3.17. The van der Waals surface area contributed by atoms with Gasteiger partial charge in [-0.3, -0.25) is 0 Å². The van der Waals surface area contributed by atoms with Gasteiger partial charge in [0.05, 0.1) is 7.11 Å². The van der Waals surface area contributed by atoms with E-state index in [9.17, 15) is 0 Å². The van der Waals surface area contributed by atoms with E-state index in [1.54, 1.807) is 13.3 Å². The Morgan fingerprint density at radius 3 is 2.91 bits per heavy atom. The van der Waals surface area contributed by atoms with E-state index in [2.05, 4.69) is 20.9 Å². The van der Waals surface area contributed by atoms with Gasteiger partial charge in [-0.1, -0.05) is 0 Å². The summed E-state index contributed by atoms with van der Waals surface area (Å²) in [5, 5.41) is 0. The second-order valence-electron chi connectivity index (χ2n) is 2.00. The van der Waals surface area contributed by atoms with Gasteiger partial charge >= 0.3 is 0 Å². The highest BCUT2D eigenvalue weighted by Crippen LogP contribution is 2.25. The van der Waals surface area contributed by atoms with Crippen LogP contribution >= 0.6 is 15.9 Å². The zero-order valence-corrected chi connectivity index (χ0v) is 7.76. The SMILES string of the molecule is COc1c(CN)ccnc1Br. The number of methoxy groups -OCH3 is 1. The fourth-order valence-corrected chi connectivity index (χ4v) is 1.37. The summed E-state index contributed by atoms with van der Waals surface area (Å²) < 4.78 is 5.77. The normalized spacial score (nSPS) is 9.73. The first kappa shape index (κ1) is 8.49. The highest BCUT2D eigenvalue weighted by molar-refractivity contribution is 9.10. The quantitative estimate of drug-likeness (QED) is 0.759. The number of nitrogens with zero attached hydrogens (tertiary/aromatic N) is 1. The molecule has 0 aliphatic carbocycles. The van der Waals surface area contributed by atoms with Crippen LogP contribution in [-0.2, 0) is 6.54 Å². The Kier molecular flexibility index (Phi) is 2.84. The monoisotopic (exact) mass is 216 g/mol. The largest absolute Gasteiger partial charge is 0.494 e. The van der Waals surface area contributed by atoms with Gasteiger partial charge in [0.25, 0.3) is 0 Å². The zero-order valence-electron chi connectivity index (χ0n) is 6.17. The Bertz CT molecular complexity index is 252. The van der Waals surface area contributed by atoms with Gasteiger partial charge in [0.2, 0.25) is 0 Å². The van der Waals surface area contributed by atoms with Crippen molar-refractivity contribution in [2.45, 2.75) is 6.54 Å². The number of nitrogens with two attached hydrogens (primary N) is 1. The Balaban J connectivity index is 3.13. The first-order valence-corrected chi connectivity index (χ1v) is 3.96. The molecule has 3 nitrogen and oxygen atoms in total. The number of aromatic nitrogens is 1. The average Bonchev–Trinajstić information content (AvgIpc) is 2.04. The van der Waals surface area contributed by atoms with Crippen molar-refractivity contribution in [3.05, 3.63) is 22.4 Å². The molecule has 0 radical (unpaired) electrons. The number of halogens is 1. The maximum Gasteiger partial charge on any atom is 0.156 e. The fourth-order valence-electron chi connectivity index (χ4n) is 0.836. The van der Waals surface area contributed by atoms with Crippen LogP contribution in [0, 0.1) is 0 Å². The van der Waals surface area contributed by atoms with Crippen LogP contribution in [-0.4, -0.2) is 12.1 Å². The molecule has 0 unspecified atom stereocenters. The Morgan fingerprint density at radius 2 is 2.45 bits per heavy atom. The van der Waals surface area contributed by atoms with E-state index in [1.807, 2.05) is 6.07 Å². The highest BCUT2D eigenvalue weighted by Gasteiger charge is 2.04. The molecule has 2 N–H and O–H groups in total. The van der Waals surface area contributed by atoms with Crippen molar-refractivity contribution < 1.29 is 4.74 Å². The summed E-state index contributed by atoms with van der Waals surface area (Å²) in [7, 11) is 1.60. The molecule has 1 heterocycles. The number of hydrogen-bond donors (Lipinski definition) is 1. The predicted molar refractivity (Wildman–Crippen MR) is 46.4 cm³/mol. The topological polar surface area (TPSA) is 48.1 Å². The molecule has 60 valence electrons. The Labute approximate surface area is 73.7 Å². The molecule has 0 aliphatic rings. The average molecular weight is 217 g/mol. The van der Waals surface area contributed by atoms with Crippen molar-refractivity contribution in [1.29, 1.82) is 0 Å². The zero-order chi connectivity index (χ0) is 8.27. The van der Waals surface area contributed by atoms with Crippen LogP contribution in [0.5, 0.6) is 5.75 Å². The minimum absolute atomic E-state index is 0.463. The third-order valence-electron chi connectivity index (χ3n) is 1.37. The molecular weight excluding hydrogens is 208 g/mol. The third-order valence-corrected chi connectivity index (χ3v) is 1.93. The Hall–Kier alpha value is -0.610. The summed E-state index contributed by atoms with van der Waals surface area (Å²) in [4.78, 5) is 3.99. The van der Waals surface area contributed by atoms with Crippen molar-refractivity contribution in [3.8, 4) is 5.75 Å². The molecule has 1 aromatic heterocycles. The summed E-state index contributed by atoms with van der Waals surface area (Å²) in [5.41, 5.74) is 6.42. The lowest BCUT2D eigenvalue weighted by molar-refractivity contribution is 0.404. The molecule has 1 aromatic rings. The van der Waals surface area contributed by atoms with Gasteiger partial charge in [-0.05, 0) is 22.0 Å². The Morgan fingerprint density at radius 1 is 1.73 bits per heavy atom. The van der Waals surface area contributed by atoms with Crippen molar-refractivity contribution >= 4 is 15.9 Å². The molecule has 11 heavy (non-hydrogen) atoms. The molecule has 1 rings (SSSR count). The molecule has 0 aromatic carbocycles. The summed E-state index contributed by atoms with van der Waals surface area (Å²) in [5.74, 6) is 0.718. The lowest BCUT2D eigenvalue weighted by Crippen LogP contribution is -2.00.